The van der Waals surface area contributed by atoms with E-state index in [9.17, 15) is 4.79 Å². The van der Waals surface area contributed by atoms with Crippen molar-refractivity contribution >= 4 is 5.91 Å². The molecule has 2 unspecified atom stereocenters. The van der Waals surface area contributed by atoms with E-state index in [2.05, 4.69) is 6.92 Å². The van der Waals surface area contributed by atoms with Crippen LogP contribution in [0.5, 0.6) is 11.5 Å². The Balaban J connectivity index is 1.62. The second-order valence-corrected chi connectivity index (χ2v) is 5.75. The highest BCUT2D eigenvalue weighted by Gasteiger charge is 2.28. The van der Waals surface area contributed by atoms with E-state index in [0.717, 1.165) is 29.9 Å². The summed E-state index contributed by atoms with van der Waals surface area (Å²) < 4.78 is 16.0. The fraction of sp³-hybridized carbons (Fsp3) is 0.562. The Morgan fingerprint density at radius 3 is 2.95 bits per heavy atom. The summed E-state index contributed by atoms with van der Waals surface area (Å²) in [5.41, 5.74) is 1.15. The van der Waals surface area contributed by atoms with Crippen molar-refractivity contribution in [2.24, 2.45) is 5.92 Å². The fourth-order valence-corrected chi connectivity index (χ4v) is 2.78. The number of ether oxygens (including phenoxy) is 3. The quantitative estimate of drug-likeness (QED) is 0.849. The molecule has 5 nitrogen and oxygen atoms in total. The first kappa shape index (κ1) is 14.2. The minimum atomic E-state index is 0.0224. The van der Waals surface area contributed by atoms with Crippen molar-refractivity contribution in [1.29, 1.82) is 0 Å². The van der Waals surface area contributed by atoms with Crippen molar-refractivity contribution in [3.63, 3.8) is 0 Å². The first-order chi connectivity index (χ1) is 10.1. The number of nitrogens with zero attached hydrogens (tertiary/aromatic N) is 1. The number of carbonyl (C=O) groups is 1. The van der Waals surface area contributed by atoms with Crippen LogP contribution in [0.2, 0.25) is 0 Å². The van der Waals surface area contributed by atoms with Gasteiger partial charge in [-0.3, -0.25) is 4.79 Å². The van der Waals surface area contributed by atoms with Crippen molar-refractivity contribution < 1.29 is 19.0 Å². The molecule has 2 atom stereocenters. The average molecular weight is 291 g/mol. The van der Waals surface area contributed by atoms with Crippen LogP contribution in [-0.2, 0) is 16.0 Å². The molecule has 21 heavy (non-hydrogen) atoms. The van der Waals surface area contributed by atoms with Crippen molar-refractivity contribution in [2.75, 3.05) is 27.1 Å². The highest BCUT2D eigenvalue weighted by atomic mass is 16.7. The molecule has 0 saturated carbocycles. The summed E-state index contributed by atoms with van der Waals surface area (Å²) in [4.78, 5) is 14.2. The smallest absolute Gasteiger partial charge is 0.231 e. The topological polar surface area (TPSA) is 48.0 Å². The second-order valence-electron chi connectivity index (χ2n) is 5.75. The van der Waals surface area contributed by atoms with E-state index in [-0.39, 0.29) is 24.7 Å². The van der Waals surface area contributed by atoms with Gasteiger partial charge in [0, 0.05) is 19.7 Å². The minimum Gasteiger partial charge on any atom is -0.454 e. The molecule has 0 aromatic heterocycles. The molecular weight excluding hydrogens is 270 g/mol. The molecular formula is C16H21NO4. The predicted octanol–water partition coefficient (Wildman–Crippen LogP) is 1.84. The maximum absolute atomic E-state index is 12.4. The van der Waals surface area contributed by atoms with Crippen LogP contribution in [0.3, 0.4) is 0 Å². The minimum absolute atomic E-state index is 0.0224. The predicted molar refractivity (Wildman–Crippen MR) is 77.4 cm³/mol. The van der Waals surface area contributed by atoms with Gasteiger partial charge in [-0.2, -0.15) is 0 Å². The molecule has 0 spiro atoms. The molecule has 2 aliphatic heterocycles. The molecule has 5 heteroatoms. The Morgan fingerprint density at radius 1 is 1.38 bits per heavy atom. The standard InChI is InChI=1S/C16H21NO4/c1-11(17(2)16(18)13-5-6-19-9-13)7-12-3-4-14-15(8-12)21-10-20-14/h3-4,8,11,13H,5-7,9-10H2,1-2H3. The maximum atomic E-state index is 12.4. The lowest BCUT2D eigenvalue weighted by molar-refractivity contribution is -0.135. The SMILES string of the molecule is CC(Cc1ccc2c(c1)OCO2)N(C)C(=O)C1CCOC1. The number of rotatable bonds is 4. The number of carbonyl (C=O) groups excluding carboxylic acids is 1. The van der Waals surface area contributed by atoms with Crippen LogP contribution in [-0.4, -0.2) is 43.9 Å². The fourth-order valence-electron chi connectivity index (χ4n) is 2.78. The van der Waals surface area contributed by atoms with Gasteiger partial charge in [-0.1, -0.05) is 6.07 Å². The summed E-state index contributed by atoms with van der Waals surface area (Å²) in [7, 11) is 1.87. The first-order valence-corrected chi connectivity index (χ1v) is 7.38. The summed E-state index contributed by atoms with van der Waals surface area (Å²) in [6, 6.07) is 6.09. The number of hydrogen-bond donors (Lipinski definition) is 0. The summed E-state index contributed by atoms with van der Waals surface area (Å²) in [5, 5.41) is 0. The van der Waals surface area contributed by atoms with Gasteiger partial charge in [0.25, 0.3) is 0 Å². The molecule has 1 fully saturated rings. The normalized spacial score (nSPS) is 21.3. The number of amides is 1. The molecule has 1 amide bonds. The Morgan fingerprint density at radius 2 is 2.19 bits per heavy atom. The molecule has 2 aliphatic rings. The van der Waals surface area contributed by atoms with Crippen LogP contribution >= 0.6 is 0 Å². The summed E-state index contributed by atoms with van der Waals surface area (Å²) in [6.45, 7) is 3.60. The third-order valence-corrected chi connectivity index (χ3v) is 4.26. The van der Waals surface area contributed by atoms with E-state index in [1.54, 1.807) is 0 Å². The van der Waals surface area contributed by atoms with Gasteiger partial charge in [0.1, 0.15) is 0 Å². The number of hydrogen-bond acceptors (Lipinski definition) is 4. The lowest BCUT2D eigenvalue weighted by atomic mass is 10.0. The third-order valence-electron chi connectivity index (χ3n) is 4.26. The summed E-state index contributed by atoms with van der Waals surface area (Å²) in [6.07, 6.45) is 1.63. The summed E-state index contributed by atoms with van der Waals surface area (Å²) >= 11 is 0. The number of likely N-dealkylation sites (N-methyl/N-ethyl adjacent to an activating group) is 1. The van der Waals surface area contributed by atoms with E-state index >= 15 is 0 Å². The highest BCUT2D eigenvalue weighted by Crippen LogP contribution is 2.33. The van der Waals surface area contributed by atoms with Crippen LogP contribution in [0.4, 0.5) is 0 Å². The highest BCUT2D eigenvalue weighted by molar-refractivity contribution is 5.79. The van der Waals surface area contributed by atoms with Gasteiger partial charge in [0.05, 0.1) is 12.5 Å². The van der Waals surface area contributed by atoms with E-state index in [1.165, 1.54) is 0 Å². The van der Waals surface area contributed by atoms with Gasteiger partial charge in [0.2, 0.25) is 12.7 Å². The van der Waals surface area contributed by atoms with Crippen LogP contribution in [0.1, 0.15) is 18.9 Å². The van der Waals surface area contributed by atoms with Crippen molar-refractivity contribution in [1.82, 2.24) is 4.90 Å². The molecule has 3 rings (SSSR count). The van der Waals surface area contributed by atoms with Gasteiger partial charge in [0.15, 0.2) is 11.5 Å². The zero-order chi connectivity index (χ0) is 14.8. The van der Waals surface area contributed by atoms with Gasteiger partial charge in [-0.05, 0) is 37.5 Å². The second kappa shape index (κ2) is 5.93. The Hall–Kier alpha value is -1.75. The largest absolute Gasteiger partial charge is 0.454 e. The van der Waals surface area contributed by atoms with Gasteiger partial charge >= 0.3 is 0 Å². The van der Waals surface area contributed by atoms with Crippen LogP contribution in [0.25, 0.3) is 0 Å². The molecule has 0 N–H and O–H groups in total. The monoisotopic (exact) mass is 291 g/mol. The van der Waals surface area contributed by atoms with Gasteiger partial charge < -0.3 is 19.1 Å². The third kappa shape index (κ3) is 2.97. The van der Waals surface area contributed by atoms with Crippen molar-refractivity contribution in [2.45, 2.75) is 25.8 Å². The zero-order valence-corrected chi connectivity index (χ0v) is 12.5. The lowest BCUT2D eigenvalue weighted by Gasteiger charge is -2.27. The Kier molecular flexibility index (Phi) is 4.01. The molecule has 0 aliphatic carbocycles. The molecule has 0 radical (unpaired) electrons. The average Bonchev–Trinajstić information content (AvgIpc) is 3.16. The number of fused-ring (bicyclic) bond motifs is 1. The lowest BCUT2D eigenvalue weighted by Crippen LogP contribution is -2.40. The molecule has 1 aromatic rings. The summed E-state index contributed by atoms with van der Waals surface area (Å²) in [5.74, 6) is 1.78. The molecule has 1 saturated heterocycles. The van der Waals surface area contributed by atoms with Gasteiger partial charge in [-0.25, -0.2) is 0 Å². The molecule has 114 valence electrons. The van der Waals surface area contributed by atoms with Gasteiger partial charge in [-0.15, -0.1) is 0 Å². The molecule has 1 aromatic carbocycles. The van der Waals surface area contributed by atoms with Crippen molar-refractivity contribution in [3.05, 3.63) is 23.8 Å². The van der Waals surface area contributed by atoms with Crippen molar-refractivity contribution in [3.8, 4) is 11.5 Å². The van der Waals surface area contributed by atoms with Crippen LogP contribution in [0.15, 0.2) is 18.2 Å². The van der Waals surface area contributed by atoms with Crippen LogP contribution < -0.4 is 9.47 Å². The Labute approximate surface area is 124 Å². The molecule has 2 heterocycles. The first-order valence-electron chi connectivity index (χ1n) is 7.38. The number of benzene rings is 1. The maximum Gasteiger partial charge on any atom is 0.231 e. The van der Waals surface area contributed by atoms with E-state index in [1.807, 2.05) is 30.1 Å². The Bertz CT molecular complexity index is 525. The van der Waals surface area contributed by atoms with Crippen LogP contribution in [0, 0.1) is 5.92 Å². The molecule has 0 bridgehead atoms. The van der Waals surface area contributed by atoms with E-state index < -0.39 is 0 Å². The van der Waals surface area contributed by atoms with E-state index in [0.29, 0.717) is 13.2 Å². The zero-order valence-electron chi connectivity index (χ0n) is 12.5. The van der Waals surface area contributed by atoms with E-state index in [4.69, 9.17) is 14.2 Å².